The Bertz CT molecular complexity index is 38.0. The van der Waals surface area contributed by atoms with Crippen LogP contribution in [0.1, 0.15) is 51.9 Å². The summed E-state index contributed by atoms with van der Waals surface area (Å²) in [5.74, 6) is 0. The van der Waals surface area contributed by atoms with Crippen LogP contribution in [0.25, 0.3) is 0 Å². The molecule has 0 aliphatic rings. The van der Waals surface area contributed by atoms with Crippen LogP contribution in [0.3, 0.4) is 0 Å². The Labute approximate surface area is 103 Å². The summed E-state index contributed by atoms with van der Waals surface area (Å²) in [5.41, 5.74) is 0. The third-order valence-corrected chi connectivity index (χ3v) is 1.60. The van der Waals surface area contributed by atoms with Gasteiger partial charge in [0.2, 0.25) is 0 Å². The Hall–Kier alpha value is 1.48. The Morgan fingerprint density at radius 1 is 0.900 bits per heavy atom. The van der Waals surface area contributed by atoms with Crippen LogP contribution in [0, 0.1) is 6.92 Å². The summed E-state index contributed by atoms with van der Waals surface area (Å²) < 4.78 is 0. The van der Waals surface area contributed by atoms with E-state index in [2.05, 4.69) is 13.8 Å². The van der Waals surface area contributed by atoms with Crippen molar-refractivity contribution in [3.05, 3.63) is 6.92 Å². The molecule has 0 saturated carbocycles. The van der Waals surface area contributed by atoms with Crippen molar-refractivity contribution in [2.24, 2.45) is 0 Å². The molecule has 0 N–H and O–H groups in total. The summed E-state index contributed by atoms with van der Waals surface area (Å²) in [6.45, 7) is 6.05. The van der Waals surface area contributed by atoms with E-state index in [1.807, 2.05) is 0 Å². The van der Waals surface area contributed by atoms with Crippen molar-refractivity contribution in [1.29, 1.82) is 0 Å². The summed E-state index contributed by atoms with van der Waals surface area (Å²) in [6.07, 6.45) is 9.45. The van der Waals surface area contributed by atoms with Crippen LogP contribution in [-0.4, -0.2) is 45.5 Å². The first kappa shape index (κ1) is 14.0. The summed E-state index contributed by atoms with van der Waals surface area (Å²) in [5, 5.41) is 0. The third-order valence-electron chi connectivity index (χ3n) is 1.60. The molecular formula is C9H21Sr. The van der Waals surface area contributed by atoms with Gasteiger partial charge in [-0.15, -0.1) is 0 Å². The molecule has 0 heterocycles. The average Bonchev–Trinajstić information content (AvgIpc) is 1.89. The monoisotopic (exact) mass is 217 g/mol. The van der Waals surface area contributed by atoms with Gasteiger partial charge in [-0.1, -0.05) is 58.8 Å². The van der Waals surface area contributed by atoms with Crippen LogP contribution in [-0.2, 0) is 0 Å². The Morgan fingerprint density at radius 2 is 1.40 bits per heavy atom. The van der Waals surface area contributed by atoms with Gasteiger partial charge in [0.25, 0.3) is 0 Å². The molecule has 0 aromatic rings. The van der Waals surface area contributed by atoms with Crippen molar-refractivity contribution < 1.29 is 0 Å². The molecule has 0 saturated heterocycles. The molecule has 0 aliphatic carbocycles. The molecule has 0 bridgehead atoms. The minimum absolute atomic E-state index is 0. The summed E-state index contributed by atoms with van der Waals surface area (Å²) in [4.78, 5) is 0. The average molecular weight is 217 g/mol. The van der Waals surface area contributed by atoms with Gasteiger partial charge in [-0.25, -0.2) is 0 Å². The van der Waals surface area contributed by atoms with Gasteiger partial charge in [0, 0.05) is 0 Å². The fourth-order valence-corrected chi connectivity index (χ4v) is 0.957. The summed E-state index contributed by atoms with van der Waals surface area (Å²) in [7, 11) is 0. The number of rotatable bonds is 6. The quantitative estimate of drug-likeness (QED) is 0.473. The molecule has 0 rings (SSSR count). The van der Waals surface area contributed by atoms with Gasteiger partial charge in [0.15, 0.2) is 0 Å². The van der Waals surface area contributed by atoms with Crippen LogP contribution in [0.5, 0.6) is 0 Å². The van der Waals surface area contributed by atoms with Crippen LogP contribution in [0.4, 0.5) is 0 Å². The molecule has 0 fully saturated rings. The molecule has 0 aromatic heterocycles. The first-order valence-corrected chi connectivity index (χ1v) is 4.21. The Morgan fingerprint density at radius 3 is 1.90 bits per heavy atom. The molecule has 1 heteroatoms. The second kappa shape index (κ2) is 13.1. The first-order valence-electron chi connectivity index (χ1n) is 4.21. The molecule has 0 spiro atoms. The number of hydrogen-bond acceptors (Lipinski definition) is 0. The first-order chi connectivity index (χ1) is 4.41. The van der Waals surface area contributed by atoms with E-state index in [1.54, 1.807) is 0 Å². The molecule has 0 atom stereocenters. The molecule has 0 aliphatic heterocycles. The van der Waals surface area contributed by atoms with E-state index in [0.717, 1.165) is 6.42 Å². The van der Waals surface area contributed by atoms with E-state index >= 15 is 0 Å². The summed E-state index contributed by atoms with van der Waals surface area (Å²) in [6, 6.07) is 0. The van der Waals surface area contributed by atoms with E-state index in [0.29, 0.717) is 0 Å². The predicted molar refractivity (Wildman–Crippen MR) is 51.9 cm³/mol. The van der Waals surface area contributed by atoms with Crippen LogP contribution < -0.4 is 0 Å². The van der Waals surface area contributed by atoms with Gasteiger partial charge >= 0.3 is 45.5 Å². The van der Waals surface area contributed by atoms with Gasteiger partial charge in [-0.05, 0) is 0 Å². The number of unbranched alkanes of at least 4 members (excludes halogenated alkanes) is 6. The van der Waals surface area contributed by atoms with Gasteiger partial charge in [-0.3, -0.25) is 0 Å². The van der Waals surface area contributed by atoms with E-state index in [-0.39, 0.29) is 45.5 Å². The zero-order valence-electron chi connectivity index (χ0n) is 6.66. The number of hydrogen-bond donors (Lipinski definition) is 0. The molecule has 10 heavy (non-hydrogen) atoms. The van der Waals surface area contributed by atoms with Crippen molar-refractivity contribution >= 4 is 45.5 Å². The molecule has 1 radical (unpaired) electrons. The van der Waals surface area contributed by atoms with Gasteiger partial charge < -0.3 is 0 Å². The SMILES string of the molecule is [CH2]CCCCCCCC.[SrH2]. The van der Waals surface area contributed by atoms with E-state index < -0.39 is 0 Å². The topological polar surface area (TPSA) is 0 Å². The fourth-order valence-electron chi connectivity index (χ4n) is 0.957. The van der Waals surface area contributed by atoms with Crippen LogP contribution in [0.2, 0.25) is 0 Å². The van der Waals surface area contributed by atoms with E-state index in [1.165, 1.54) is 38.5 Å². The van der Waals surface area contributed by atoms with Gasteiger partial charge in [-0.2, -0.15) is 0 Å². The maximum absolute atomic E-state index is 3.80. The zero-order valence-corrected chi connectivity index (χ0v) is 6.66. The van der Waals surface area contributed by atoms with Crippen molar-refractivity contribution in [1.82, 2.24) is 0 Å². The van der Waals surface area contributed by atoms with Gasteiger partial charge in [0.1, 0.15) is 0 Å². The van der Waals surface area contributed by atoms with Crippen molar-refractivity contribution in [2.75, 3.05) is 0 Å². The zero-order chi connectivity index (χ0) is 6.95. The second-order valence-corrected chi connectivity index (χ2v) is 2.62. The van der Waals surface area contributed by atoms with Crippen LogP contribution in [0.15, 0.2) is 0 Å². The predicted octanol–water partition coefficient (Wildman–Crippen LogP) is 2.65. The molecule has 0 nitrogen and oxygen atoms in total. The van der Waals surface area contributed by atoms with Crippen molar-refractivity contribution in [2.45, 2.75) is 51.9 Å². The Kier molecular flexibility index (Phi) is 18.4. The molecule has 0 aromatic carbocycles. The Balaban J connectivity index is 0. The normalized spacial score (nSPS) is 9.00. The maximum atomic E-state index is 3.80. The van der Waals surface area contributed by atoms with Gasteiger partial charge in [0.05, 0.1) is 0 Å². The third kappa shape index (κ3) is 12.2. The van der Waals surface area contributed by atoms with E-state index in [9.17, 15) is 0 Å². The molecule has 59 valence electrons. The van der Waals surface area contributed by atoms with Crippen molar-refractivity contribution in [3.63, 3.8) is 0 Å². The van der Waals surface area contributed by atoms with Crippen LogP contribution >= 0.6 is 0 Å². The van der Waals surface area contributed by atoms with Crippen molar-refractivity contribution in [3.8, 4) is 0 Å². The second-order valence-electron chi connectivity index (χ2n) is 2.62. The van der Waals surface area contributed by atoms with E-state index in [4.69, 9.17) is 0 Å². The molecule has 0 unspecified atom stereocenters. The standard InChI is InChI=1S/C9H19.Sr.2H/c1-3-5-7-9-8-6-4-2;;;/h1,3-9H2,2H3;;;. The summed E-state index contributed by atoms with van der Waals surface area (Å²) >= 11 is 0. The minimum atomic E-state index is 0. The molecular weight excluding hydrogens is 196 g/mol. The molecule has 0 amide bonds. The fraction of sp³-hybridized carbons (Fsp3) is 0.889.